The molecular weight excluding hydrogens is 276 g/mol. The maximum Gasteiger partial charge on any atom is 0.222 e. The third kappa shape index (κ3) is 2.66. The number of carbonyl (C=O) groups is 1. The van der Waals surface area contributed by atoms with Gasteiger partial charge in [0.2, 0.25) is 5.91 Å². The number of rotatable bonds is 3. The molecule has 0 unspecified atom stereocenters. The fourth-order valence-electron chi connectivity index (χ4n) is 2.59. The van der Waals surface area contributed by atoms with Gasteiger partial charge in [0.05, 0.1) is 10.9 Å². The van der Waals surface area contributed by atoms with Crippen molar-refractivity contribution in [2.45, 2.75) is 34.2 Å². The van der Waals surface area contributed by atoms with Gasteiger partial charge in [-0.05, 0) is 30.5 Å². The van der Waals surface area contributed by atoms with E-state index in [1.807, 2.05) is 10.7 Å². The smallest absolute Gasteiger partial charge is 0.222 e. The summed E-state index contributed by atoms with van der Waals surface area (Å²) in [4.78, 5) is 16.2. The van der Waals surface area contributed by atoms with Crippen LogP contribution < -0.4 is 5.32 Å². The highest BCUT2D eigenvalue weighted by Gasteiger charge is 2.15. The maximum absolute atomic E-state index is 11.4. The number of aromatic nitrogens is 3. The molecule has 0 spiro atoms. The highest BCUT2D eigenvalue weighted by molar-refractivity contribution is 6.02. The van der Waals surface area contributed by atoms with Crippen LogP contribution in [0.5, 0.6) is 0 Å². The molecule has 1 N–H and O–H groups in total. The monoisotopic (exact) mass is 296 g/mol. The van der Waals surface area contributed by atoms with Gasteiger partial charge in [0.1, 0.15) is 0 Å². The molecule has 3 rings (SSSR count). The van der Waals surface area contributed by atoms with Gasteiger partial charge in [-0.3, -0.25) is 4.79 Å². The number of nitrogens with one attached hydrogen (secondary N) is 1. The Kier molecular flexibility index (Phi) is 3.56. The van der Waals surface area contributed by atoms with Crippen molar-refractivity contribution in [2.75, 3.05) is 5.32 Å². The average molecular weight is 296 g/mol. The summed E-state index contributed by atoms with van der Waals surface area (Å²) < 4.78 is 1.88. The Morgan fingerprint density at radius 3 is 2.77 bits per heavy atom. The Hall–Kier alpha value is -2.43. The van der Waals surface area contributed by atoms with Crippen molar-refractivity contribution in [3.63, 3.8) is 0 Å². The van der Waals surface area contributed by atoms with Crippen LogP contribution in [-0.4, -0.2) is 20.7 Å². The molecule has 0 atom stereocenters. The molecular formula is C17H20N4O. The highest BCUT2D eigenvalue weighted by atomic mass is 16.1. The summed E-state index contributed by atoms with van der Waals surface area (Å²) in [5.41, 5.74) is 2.94. The van der Waals surface area contributed by atoms with Crippen LogP contribution in [0, 0.1) is 12.8 Å². The number of benzene rings is 1. The molecule has 5 nitrogen and oxygen atoms in total. The van der Waals surface area contributed by atoms with Crippen molar-refractivity contribution in [3.8, 4) is 0 Å². The third-order valence-corrected chi connectivity index (χ3v) is 3.51. The Bertz CT molecular complexity index is 864. The van der Waals surface area contributed by atoms with Crippen LogP contribution >= 0.6 is 0 Å². The molecule has 0 bridgehead atoms. The standard InChI is InChI=1S/C17H20N4O/c1-10(2)9-21-17-14(16(20-21)18-12(4)22)8-13-6-5-11(3)7-15(13)19-17/h5-8,10H,9H2,1-4H3,(H,18,20,22). The minimum Gasteiger partial charge on any atom is -0.309 e. The summed E-state index contributed by atoms with van der Waals surface area (Å²) in [6.45, 7) is 8.58. The van der Waals surface area contributed by atoms with E-state index in [-0.39, 0.29) is 5.91 Å². The summed E-state index contributed by atoms with van der Waals surface area (Å²) in [5.74, 6) is 0.904. The Labute approximate surface area is 129 Å². The predicted octanol–water partition coefficient (Wildman–Crippen LogP) is 3.51. The Morgan fingerprint density at radius 2 is 2.09 bits per heavy atom. The van der Waals surface area contributed by atoms with Crippen molar-refractivity contribution in [1.82, 2.24) is 14.8 Å². The molecule has 1 aromatic carbocycles. The van der Waals surface area contributed by atoms with E-state index < -0.39 is 0 Å². The average Bonchev–Trinajstić information content (AvgIpc) is 2.72. The van der Waals surface area contributed by atoms with E-state index in [0.29, 0.717) is 11.7 Å². The molecule has 3 aromatic rings. The largest absolute Gasteiger partial charge is 0.309 e. The van der Waals surface area contributed by atoms with E-state index in [2.05, 4.69) is 49.4 Å². The van der Waals surface area contributed by atoms with E-state index >= 15 is 0 Å². The SMILES string of the molecule is CC(=O)Nc1nn(CC(C)C)c2nc3cc(C)ccc3cc12. The summed E-state index contributed by atoms with van der Waals surface area (Å²) in [6, 6.07) is 8.23. The molecule has 0 fully saturated rings. The lowest BCUT2D eigenvalue weighted by atomic mass is 10.1. The van der Waals surface area contributed by atoms with Crippen LogP contribution in [0.4, 0.5) is 5.82 Å². The first kappa shape index (κ1) is 14.5. The lowest BCUT2D eigenvalue weighted by molar-refractivity contribution is -0.114. The Balaban J connectivity index is 2.27. The number of fused-ring (bicyclic) bond motifs is 2. The number of carbonyl (C=O) groups excluding carboxylic acids is 1. The molecule has 2 aromatic heterocycles. The second-order valence-corrected chi connectivity index (χ2v) is 6.16. The van der Waals surface area contributed by atoms with Crippen molar-refractivity contribution < 1.29 is 4.79 Å². The first-order valence-electron chi connectivity index (χ1n) is 7.49. The summed E-state index contributed by atoms with van der Waals surface area (Å²) in [5, 5.41) is 9.28. The molecule has 0 aliphatic heterocycles. The van der Waals surface area contributed by atoms with E-state index in [4.69, 9.17) is 4.98 Å². The van der Waals surface area contributed by atoms with Crippen molar-refractivity contribution >= 4 is 33.7 Å². The number of pyridine rings is 1. The third-order valence-electron chi connectivity index (χ3n) is 3.51. The second kappa shape index (κ2) is 5.40. The Morgan fingerprint density at radius 1 is 1.32 bits per heavy atom. The molecule has 5 heteroatoms. The summed E-state index contributed by atoms with van der Waals surface area (Å²) in [7, 11) is 0. The van der Waals surface area contributed by atoms with E-state index in [0.717, 1.165) is 28.5 Å². The van der Waals surface area contributed by atoms with E-state index in [1.54, 1.807) is 0 Å². The van der Waals surface area contributed by atoms with Gasteiger partial charge < -0.3 is 5.32 Å². The minimum absolute atomic E-state index is 0.125. The lowest BCUT2D eigenvalue weighted by Crippen LogP contribution is -2.09. The van der Waals surface area contributed by atoms with Crippen LogP contribution in [0.1, 0.15) is 26.3 Å². The van der Waals surface area contributed by atoms with Crippen LogP contribution in [0.25, 0.3) is 21.9 Å². The van der Waals surface area contributed by atoms with Crippen LogP contribution in [0.3, 0.4) is 0 Å². The van der Waals surface area contributed by atoms with Gasteiger partial charge in [-0.25, -0.2) is 9.67 Å². The molecule has 2 heterocycles. The van der Waals surface area contributed by atoms with Gasteiger partial charge >= 0.3 is 0 Å². The van der Waals surface area contributed by atoms with Gasteiger partial charge in [-0.15, -0.1) is 0 Å². The minimum atomic E-state index is -0.125. The van der Waals surface area contributed by atoms with E-state index in [9.17, 15) is 4.79 Å². The summed E-state index contributed by atoms with van der Waals surface area (Å²) >= 11 is 0. The van der Waals surface area contributed by atoms with Crippen LogP contribution in [-0.2, 0) is 11.3 Å². The van der Waals surface area contributed by atoms with Gasteiger partial charge in [0.25, 0.3) is 0 Å². The molecule has 1 amide bonds. The first-order valence-corrected chi connectivity index (χ1v) is 7.49. The molecule has 0 saturated carbocycles. The van der Waals surface area contributed by atoms with Crippen LogP contribution in [0.2, 0.25) is 0 Å². The lowest BCUT2D eigenvalue weighted by Gasteiger charge is -2.06. The second-order valence-electron chi connectivity index (χ2n) is 6.16. The number of amides is 1. The zero-order valence-corrected chi connectivity index (χ0v) is 13.3. The zero-order chi connectivity index (χ0) is 15.9. The fourth-order valence-corrected chi connectivity index (χ4v) is 2.59. The fraction of sp³-hybridized carbons (Fsp3) is 0.353. The highest BCUT2D eigenvalue weighted by Crippen LogP contribution is 2.27. The van der Waals surface area contributed by atoms with Crippen molar-refractivity contribution in [1.29, 1.82) is 0 Å². The molecule has 0 aliphatic rings. The molecule has 0 aliphatic carbocycles. The van der Waals surface area contributed by atoms with Crippen LogP contribution in [0.15, 0.2) is 24.3 Å². The first-order chi connectivity index (χ1) is 10.4. The molecule has 0 radical (unpaired) electrons. The van der Waals surface area contributed by atoms with Gasteiger partial charge in [0.15, 0.2) is 11.5 Å². The van der Waals surface area contributed by atoms with Gasteiger partial charge in [0, 0.05) is 18.9 Å². The number of hydrogen-bond acceptors (Lipinski definition) is 3. The number of nitrogens with zero attached hydrogens (tertiary/aromatic N) is 3. The van der Waals surface area contributed by atoms with Gasteiger partial charge in [-0.2, -0.15) is 5.10 Å². The normalized spacial score (nSPS) is 11.5. The molecule has 22 heavy (non-hydrogen) atoms. The maximum atomic E-state index is 11.4. The number of anilines is 1. The van der Waals surface area contributed by atoms with Crippen molar-refractivity contribution in [3.05, 3.63) is 29.8 Å². The topological polar surface area (TPSA) is 59.8 Å². The predicted molar refractivity (Wildman–Crippen MR) is 88.9 cm³/mol. The van der Waals surface area contributed by atoms with Crippen molar-refractivity contribution in [2.24, 2.45) is 5.92 Å². The number of hydrogen-bond donors (Lipinski definition) is 1. The van der Waals surface area contributed by atoms with Gasteiger partial charge in [-0.1, -0.05) is 26.0 Å². The molecule has 114 valence electrons. The zero-order valence-electron chi connectivity index (χ0n) is 13.3. The van der Waals surface area contributed by atoms with E-state index in [1.165, 1.54) is 12.5 Å². The quantitative estimate of drug-likeness (QED) is 0.804. The molecule has 0 saturated heterocycles. The number of aryl methyl sites for hydroxylation is 1. The summed E-state index contributed by atoms with van der Waals surface area (Å²) in [6.07, 6.45) is 0.